The highest BCUT2D eigenvalue weighted by molar-refractivity contribution is 6.09. The number of nitrogens with zero attached hydrogens (tertiary/aromatic N) is 1. The van der Waals surface area contributed by atoms with Crippen LogP contribution in [0.1, 0.15) is 64.9 Å². The number of aliphatic imine (C=N–C) groups is 1. The summed E-state index contributed by atoms with van der Waals surface area (Å²) in [7, 11) is 0. The molecule has 1 aliphatic carbocycles. The van der Waals surface area contributed by atoms with Crippen molar-refractivity contribution in [3.05, 3.63) is 35.0 Å². The summed E-state index contributed by atoms with van der Waals surface area (Å²) in [6.07, 6.45) is 2.91. The number of benzene rings is 1. The standard InChI is InChI=1S/C24H29NO5/c1-5-6-9-28-23(27)20-14(2)25-16-11-24(3,4)12-17(26)22(16)21(20)15-7-8-18-19(10-15)30-13-29-18/h7-8,10,20-21H,5-6,9,11-13H2,1-4H3/t20?,21-/m0/s1. The van der Waals surface area contributed by atoms with Crippen molar-refractivity contribution in [1.82, 2.24) is 0 Å². The van der Waals surface area contributed by atoms with Gasteiger partial charge in [0.2, 0.25) is 6.79 Å². The fourth-order valence-electron chi connectivity index (χ4n) is 4.62. The fourth-order valence-corrected chi connectivity index (χ4v) is 4.62. The lowest BCUT2D eigenvalue weighted by Gasteiger charge is -2.39. The molecule has 2 atom stereocenters. The van der Waals surface area contributed by atoms with E-state index in [-0.39, 0.29) is 24.0 Å². The minimum absolute atomic E-state index is 0.0616. The molecule has 0 amide bonds. The van der Waals surface area contributed by atoms with Gasteiger partial charge in [0.1, 0.15) is 5.92 Å². The molecule has 30 heavy (non-hydrogen) atoms. The van der Waals surface area contributed by atoms with E-state index < -0.39 is 11.8 Å². The Morgan fingerprint density at radius 1 is 1.23 bits per heavy atom. The largest absolute Gasteiger partial charge is 0.465 e. The molecule has 6 heteroatoms. The minimum Gasteiger partial charge on any atom is -0.465 e. The normalized spacial score (nSPS) is 24.4. The zero-order chi connectivity index (χ0) is 21.5. The van der Waals surface area contributed by atoms with Crippen LogP contribution in [0.2, 0.25) is 0 Å². The summed E-state index contributed by atoms with van der Waals surface area (Å²) in [5.74, 6) is 0.00257. The van der Waals surface area contributed by atoms with Crippen molar-refractivity contribution in [3.8, 4) is 11.5 Å². The van der Waals surface area contributed by atoms with Gasteiger partial charge in [-0.05, 0) is 42.9 Å². The van der Waals surface area contributed by atoms with Gasteiger partial charge in [0, 0.05) is 29.3 Å². The van der Waals surface area contributed by atoms with Crippen LogP contribution in [0.4, 0.5) is 0 Å². The Bertz CT molecular complexity index is 943. The molecule has 1 aromatic rings. The molecule has 2 heterocycles. The van der Waals surface area contributed by atoms with Crippen molar-refractivity contribution >= 4 is 17.5 Å². The maximum absolute atomic E-state index is 13.3. The van der Waals surface area contributed by atoms with Crippen LogP contribution in [0.3, 0.4) is 0 Å². The summed E-state index contributed by atoms with van der Waals surface area (Å²) in [4.78, 5) is 31.1. The zero-order valence-corrected chi connectivity index (χ0v) is 18.1. The van der Waals surface area contributed by atoms with Crippen LogP contribution in [0, 0.1) is 11.3 Å². The Balaban J connectivity index is 1.79. The Kier molecular flexibility index (Phi) is 5.43. The molecule has 0 saturated heterocycles. The monoisotopic (exact) mass is 411 g/mol. The average molecular weight is 411 g/mol. The maximum atomic E-state index is 13.3. The third-order valence-corrected chi connectivity index (χ3v) is 6.05. The Morgan fingerprint density at radius 3 is 2.77 bits per heavy atom. The van der Waals surface area contributed by atoms with Gasteiger partial charge in [0.15, 0.2) is 17.3 Å². The van der Waals surface area contributed by atoms with E-state index in [9.17, 15) is 9.59 Å². The SMILES string of the molecule is CCCCOC(=O)C1C(C)=NC2=C(C(=O)CC(C)(C)C2)[C@H]1c1ccc2c(c1)OCO2. The van der Waals surface area contributed by atoms with Gasteiger partial charge in [-0.15, -0.1) is 0 Å². The van der Waals surface area contributed by atoms with E-state index in [1.54, 1.807) is 0 Å². The zero-order valence-electron chi connectivity index (χ0n) is 18.1. The Hall–Kier alpha value is -2.63. The number of carbonyl (C=O) groups is 2. The summed E-state index contributed by atoms with van der Waals surface area (Å²) >= 11 is 0. The Labute approximate surface area is 177 Å². The van der Waals surface area contributed by atoms with Gasteiger partial charge in [0.25, 0.3) is 0 Å². The molecule has 6 nitrogen and oxygen atoms in total. The van der Waals surface area contributed by atoms with Crippen molar-refractivity contribution in [1.29, 1.82) is 0 Å². The van der Waals surface area contributed by atoms with E-state index in [1.165, 1.54) is 0 Å². The number of rotatable bonds is 5. The molecule has 0 bridgehead atoms. The van der Waals surface area contributed by atoms with Crippen LogP contribution in [-0.2, 0) is 14.3 Å². The molecule has 0 fully saturated rings. The van der Waals surface area contributed by atoms with E-state index in [4.69, 9.17) is 19.2 Å². The molecule has 0 aromatic heterocycles. The lowest BCUT2D eigenvalue weighted by atomic mass is 9.67. The minimum atomic E-state index is -0.619. The first-order valence-electron chi connectivity index (χ1n) is 10.7. The first-order chi connectivity index (χ1) is 14.3. The number of Topliss-reactive ketones (excluding diaryl/α,β-unsaturated/α-hetero) is 1. The summed E-state index contributed by atoms with van der Waals surface area (Å²) in [6.45, 7) is 8.63. The molecule has 160 valence electrons. The number of unbranched alkanes of at least 4 members (excludes halogenated alkanes) is 1. The molecule has 0 spiro atoms. The van der Waals surface area contributed by atoms with Gasteiger partial charge in [-0.2, -0.15) is 0 Å². The van der Waals surface area contributed by atoms with E-state index in [1.807, 2.05) is 25.1 Å². The molecular weight excluding hydrogens is 382 g/mol. The summed E-state index contributed by atoms with van der Waals surface area (Å²) < 4.78 is 16.6. The first kappa shape index (κ1) is 20.6. The average Bonchev–Trinajstić information content (AvgIpc) is 3.13. The fraction of sp³-hybridized carbons (Fsp3) is 0.542. The van der Waals surface area contributed by atoms with Crippen LogP contribution in [0.5, 0.6) is 11.5 Å². The van der Waals surface area contributed by atoms with Crippen LogP contribution in [0.25, 0.3) is 0 Å². The van der Waals surface area contributed by atoms with Crippen molar-refractivity contribution in [2.24, 2.45) is 16.3 Å². The summed E-state index contributed by atoms with van der Waals surface area (Å²) in [5, 5.41) is 0. The number of carbonyl (C=O) groups excluding carboxylic acids is 2. The van der Waals surface area contributed by atoms with Gasteiger partial charge in [-0.3, -0.25) is 14.6 Å². The second-order valence-corrected chi connectivity index (χ2v) is 9.14. The van der Waals surface area contributed by atoms with Crippen LogP contribution in [0.15, 0.2) is 34.5 Å². The van der Waals surface area contributed by atoms with Crippen LogP contribution in [-0.4, -0.2) is 30.9 Å². The summed E-state index contributed by atoms with van der Waals surface area (Å²) in [5.41, 5.74) is 2.85. The van der Waals surface area contributed by atoms with E-state index in [0.29, 0.717) is 42.2 Å². The number of ketones is 1. The van der Waals surface area contributed by atoms with Gasteiger partial charge >= 0.3 is 5.97 Å². The molecule has 2 aliphatic heterocycles. The number of hydrogen-bond donors (Lipinski definition) is 0. The first-order valence-corrected chi connectivity index (χ1v) is 10.7. The second kappa shape index (κ2) is 7.89. The highest BCUT2D eigenvalue weighted by Gasteiger charge is 2.46. The van der Waals surface area contributed by atoms with Crippen LogP contribution >= 0.6 is 0 Å². The number of hydrogen-bond acceptors (Lipinski definition) is 6. The smallest absolute Gasteiger partial charge is 0.315 e. The predicted octanol–water partition coefficient (Wildman–Crippen LogP) is 4.58. The van der Waals surface area contributed by atoms with E-state index in [0.717, 1.165) is 24.1 Å². The number of fused-ring (bicyclic) bond motifs is 1. The molecule has 0 saturated carbocycles. The van der Waals surface area contributed by atoms with E-state index >= 15 is 0 Å². The van der Waals surface area contributed by atoms with Gasteiger partial charge in [-0.1, -0.05) is 33.3 Å². The van der Waals surface area contributed by atoms with Crippen molar-refractivity contribution in [3.63, 3.8) is 0 Å². The molecule has 0 N–H and O–H groups in total. The van der Waals surface area contributed by atoms with Crippen molar-refractivity contribution in [2.75, 3.05) is 13.4 Å². The molecule has 3 aliphatic rings. The second-order valence-electron chi connectivity index (χ2n) is 9.14. The van der Waals surface area contributed by atoms with Crippen LogP contribution < -0.4 is 9.47 Å². The summed E-state index contributed by atoms with van der Waals surface area (Å²) in [6, 6.07) is 5.64. The number of ether oxygens (including phenoxy) is 3. The number of esters is 1. The van der Waals surface area contributed by atoms with Crippen molar-refractivity contribution in [2.45, 2.75) is 59.3 Å². The maximum Gasteiger partial charge on any atom is 0.315 e. The quantitative estimate of drug-likeness (QED) is 0.524. The Morgan fingerprint density at radius 2 is 2.00 bits per heavy atom. The van der Waals surface area contributed by atoms with Gasteiger partial charge in [0.05, 0.1) is 6.61 Å². The molecule has 1 aromatic carbocycles. The third-order valence-electron chi connectivity index (χ3n) is 6.05. The van der Waals surface area contributed by atoms with Gasteiger partial charge < -0.3 is 14.2 Å². The molecule has 4 rings (SSSR count). The molecule has 0 radical (unpaired) electrons. The third kappa shape index (κ3) is 3.75. The lowest BCUT2D eigenvalue weighted by Crippen LogP contribution is -2.39. The lowest BCUT2D eigenvalue weighted by molar-refractivity contribution is -0.146. The molecular formula is C24H29NO5. The predicted molar refractivity (Wildman–Crippen MR) is 113 cm³/mol. The molecule has 1 unspecified atom stereocenters. The highest BCUT2D eigenvalue weighted by Crippen LogP contribution is 2.49. The number of allylic oxidation sites excluding steroid dienone is 2. The highest BCUT2D eigenvalue weighted by atomic mass is 16.7. The topological polar surface area (TPSA) is 74.2 Å². The van der Waals surface area contributed by atoms with Crippen molar-refractivity contribution < 1.29 is 23.8 Å². The van der Waals surface area contributed by atoms with E-state index in [2.05, 4.69) is 20.8 Å². The van der Waals surface area contributed by atoms with Gasteiger partial charge in [-0.25, -0.2) is 0 Å².